The van der Waals surface area contributed by atoms with Crippen molar-refractivity contribution in [2.45, 2.75) is 13.0 Å². The standard InChI is InChI=1S/C15H15N5/c1-10-6-11(8-17-7-10)15(20-16)14-9-18-12-4-2-3-5-13(12)19-14/h2-9,15,20H,16H2,1H3. The first-order valence-corrected chi connectivity index (χ1v) is 6.37. The van der Waals surface area contributed by atoms with E-state index in [4.69, 9.17) is 5.84 Å². The number of aryl methyl sites for hydroxylation is 1. The van der Waals surface area contributed by atoms with E-state index in [0.29, 0.717) is 0 Å². The third kappa shape index (κ3) is 2.36. The van der Waals surface area contributed by atoms with Crippen molar-refractivity contribution in [3.05, 3.63) is 65.7 Å². The van der Waals surface area contributed by atoms with Crippen LogP contribution in [-0.2, 0) is 0 Å². The summed E-state index contributed by atoms with van der Waals surface area (Å²) in [6, 6.07) is 9.58. The molecule has 0 bridgehead atoms. The molecule has 5 nitrogen and oxygen atoms in total. The average molecular weight is 265 g/mol. The lowest BCUT2D eigenvalue weighted by molar-refractivity contribution is 0.618. The monoisotopic (exact) mass is 265 g/mol. The molecule has 1 aromatic carbocycles. The van der Waals surface area contributed by atoms with Crippen LogP contribution in [-0.4, -0.2) is 15.0 Å². The number of para-hydroxylation sites is 2. The van der Waals surface area contributed by atoms with E-state index in [1.54, 1.807) is 12.4 Å². The molecule has 5 heteroatoms. The Balaban J connectivity index is 2.07. The first kappa shape index (κ1) is 12.7. The van der Waals surface area contributed by atoms with Crippen LogP contribution < -0.4 is 11.3 Å². The van der Waals surface area contributed by atoms with Crippen molar-refractivity contribution in [1.82, 2.24) is 20.4 Å². The number of hydrogen-bond acceptors (Lipinski definition) is 5. The van der Waals surface area contributed by atoms with E-state index in [1.807, 2.05) is 43.5 Å². The van der Waals surface area contributed by atoms with Crippen LogP contribution in [0.15, 0.2) is 48.9 Å². The summed E-state index contributed by atoms with van der Waals surface area (Å²) in [6.07, 6.45) is 5.34. The van der Waals surface area contributed by atoms with Crippen molar-refractivity contribution in [3.63, 3.8) is 0 Å². The zero-order valence-corrected chi connectivity index (χ0v) is 11.1. The van der Waals surface area contributed by atoms with E-state index in [1.165, 1.54) is 0 Å². The Morgan fingerprint density at radius 3 is 2.65 bits per heavy atom. The zero-order valence-electron chi connectivity index (χ0n) is 11.1. The van der Waals surface area contributed by atoms with Crippen molar-refractivity contribution < 1.29 is 0 Å². The van der Waals surface area contributed by atoms with Gasteiger partial charge in [-0.1, -0.05) is 18.2 Å². The maximum absolute atomic E-state index is 5.69. The highest BCUT2D eigenvalue weighted by Crippen LogP contribution is 2.20. The molecule has 3 rings (SSSR count). The lowest BCUT2D eigenvalue weighted by Gasteiger charge is -2.16. The molecule has 100 valence electrons. The zero-order chi connectivity index (χ0) is 13.9. The maximum Gasteiger partial charge on any atom is 0.0912 e. The summed E-state index contributed by atoms with van der Waals surface area (Å²) in [5.74, 6) is 5.69. The molecule has 0 spiro atoms. The summed E-state index contributed by atoms with van der Waals surface area (Å²) >= 11 is 0. The summed E-state index contributed by atoms with van der Waals surface area (Å²) < 4.78 is 0. The third-order valence-corrected chi connectivity index (χ3v) is 3.16. The molecule has 2 heterocycles. The molecule has 0 amide bonds. The largest absolute Gasteiger partial charge is 0.271 e. The first-order chi connectivity index (χ1) is 9.78. The topological polar surface area (TPSA) is 76.7 Å². The number of hydrazine groups is 1. The van der Waals surface area contributed by atoms with Gasteiger partial charge in [-0.15, -0.1) is 0 Å². The number of aromatic nitrogens is 3. The molecular formula is C15H15N5. The minimum absolute atomic E-state index is 0.223. The van der Waals surface area contributed by atoms with Crippen molar-refractivity contribution >= 4 is 11.0 Å². The van der Waals surface area contributed by atoms with Gasteiger partial charge in [0, 0.05) is 12.4 Å². The molecule has 0 radical (unpaired) electrons. The van der Waals surface area contributed by atoms with Crippen LogP contribution in [0.4, 0.5) is 0 Å². The molecule has 1 atom stereocenters. The lowest BCUT2D eigenvalue weighted by atomic mass is 10.1. The second kappa shape index (κ2) is 5.32. The number of nitrogens with two attached hydrogens (primary N) is 1. The van der Waals surface area contributed by atoms with Gasteiger partial charge in [0.25, 0.3) is 0 Å². The normalized spacial score (nSPS) is 12.5. The van der Waals surface area contributed by atoms with E-state index in [0.717, 1.165) is 27.9 Å². The molecule has 3 aromatic rings. The quantitative estimate of drug-likeness (QED) is 0.558. The lowest BCUT2D eigenvalue weighted by Crippen LogP contribution is -2.29. The fourth-order valence-electron chi connectivity index (χ4n) is 2.20. The van der Waals surface area contributed by atoms with Crippen molar-refractivity contribution in [2.75, 3.05) is 0 Å². The van der Waals surface area contributed by atoms with Gasteiger partial charge in [0.05, 0.1) is 29.0 Å². The van der Waals surface area contributed by atoms with Crippen LogP contribution in [0.1, 0.15) is 22.9 Å². The number of benzene rings is 1. The number of rotatable bonds is 3. The fraction of sp³-hybridized carbons (Fsp3) is 0.133. The Bertz CT molecular complexity index is 741. The predicted octanol–water partition coefficient (Wildman–Crippen LogP) is 1.89. The molecular weight excluding hydrogens is 250 g/mol. The molecule has 3 N–H and O–H groups in total. The van der Waals surface area contributed by atoms with Gasteiger partial charge in [0.2, 0.25) is 0 Å². The Morgan fingerprint density at radius 2 is 1.90 bits per heavy atom. The molecule has 1 unspecified atom stereocenters. The van der Waals surface area contributed by atoms with Gasteiger partial charge in [-0.25, -0.2) is 10.4 Å². The smallest absolute Gasteiger partial charge is 0.0912 e. The minimum atomic E-state index is -0.223. The highest BCUT2D eigenvalue weighted by Gasteiger charge is 2.15. The molecule has 0 saturated heterocycles. The number of hydrogen-bond donors (Lipinski definition) is 2. The van der Waals surface area contributed by atoms with Gasteiger partial charge in [0.15, 0.2) is 0 Å². The summed E-state index contributed by atoms with van der Waals surface area (Å²) in [5.41, 5.74) is 7.33. The van der Waals surface area contributed by atoms with E-state index < -0.39 is 0 Å². The van der Waals surface area contributed by atoms with Crippen LogP contribution in [0.3, 0.4) is 0 Å². The van der Waals surface area contributed by atoms with Crippen LogP contribution in [0.2, 0.25) is 0 Å². The van der Waals surface area contributed by atoms with E-state index in [2.05, 4.69) is 20.4 Å². The third-order valence-electron chi connectivity index (χ3n) is 3.16. The van der Waals surface area contributed by atoms with Gasteiger partial charge < -0.3 is 0 Å². The Hall–Kier alpha value is -2.37. The maximum atomic E-state index is 5.69. The number of nitrogens with one attached hydrogen (secondary N) is 1. The molecule has 0 aliphatic rings. The van der Waals surface area contributed by atoms with Gasteiger partial charge in [-0.3, -0.25) is 15.8 Å². The Labute approximate surface area is 116 Å². The SMILES string of the molecule is Cc1cncc(C(NN)c2cnc3ccccc3n2)c1. The van der Waals surface area contributed by atoms with Crippen molar-refractivity contribution in [3.8, 4) is 0 Å². The van der Waals surface area contributed by atoms with Gasteiger partial charge in [-0.05, 0) is 30.2 Å². The summed E-state index contributed by atoms with van der Waals surface area (Å²) in [4.78, 5) is 13.2. The van der Waals surface area contributed by atoms with Gasteiger partial charge in [0.1, 0.15) is 0 Å². The molecule has 20 heavy (non-hydrogen) atoms. The van der Waals surface area contributed by atoms with E-state index in [-0.39, 0.29) is 6.04 Å². The van der Waals surface area contributed by atoms with Crippen LogP contribution in [0, 0.1) is 6.92 Å². The molecule has 0 fully saturated rings. The molecule has 0 aliphatic carbocycles. The fourth-order valence-corrected chi connectivity index (χ4v) is 2.20. The number of pyridine rings is 1. The molecule has 2 aromatic heterocycles. The molecule has 0 aliphatic heterocycles. The first-order valence-electron chi connectivity index (χ1n) is 6.37. The predicted molar refractivity (Wildman–Crippen MR) is 77.7 cm³/mol. The highest BCUT2D eigenvalue weighted by atomic mass is 15.2. The second-order valence-electron chi connectivity index (χ2n) is 4.68. The summed E-state index contributed by atoms with van der Waals surface area (Å²) in [6.45, 7) is 2.00. The van der Waals surface area contributed by atoms with Crippen LogP contribution >= 0.6 is 0 Å². The Kier molecular flexibility index (Phi) is 3.37. The van der Waals surface area contributed by atoms with Crippen LogP contribution in [0.5, 0.6) is 0 Å². The second-order valence-corrected chi connectivity index (χ2v) is 4.68. The minimum Gasteiger partial charge on any atom is -0.271 e. The van der Waals surface area contributed by atoms with Gasteiger partial charge in [-0.2, -0.15) is 0 Å². The summed E-state index contributed by atoms with van der Waals surface area (Å²) in [7, 11) is 0. The van der Waals surface area contributed by atoms with E-state index in [9.17, 15) is 0 Å². The summed E-state index contributed by atoms with van der Waals surface area (Å²) in [5, 5.41) is 0. The average Bonchev–Trinajstić information content (AvgIpc) is 2.48. The van der Waals surface area contributed by atoms with Crippen molar-refractivity contribution in [2.24, 2.45) is 5.84 Å². The van der Waals surface area contributed by atoms with Crippen molar-refractivity contribution in [1.29, 1.82) is 0 Å². The number of nitrogens with zero attached hydrogens (tertiary/aromatic N) is 3. The molecule has 0 saturated carbocycles. The van der Waals surface area contributed by atoms with Gasteiger partial charge >= 0.3 is 0 Å². The van der Waals surface area contributed by atoms with E-state index >= 15 is 0 Å². The Morgan fingerprint density at radius 1 is 1.10 bits per heavy atom. The number of fused-ring (bicyclic) bond motifs is 1. The highest BCUT2D eigenvalue weighted by molar-refractivity contribution is 5.73. The van der Waals surface area contributed by atoms with Crippen LogP contribution in [0.25, 0.3) is 11.0 Å².